The second-order valence-electron chi connectivity index (χ2n) is 14.8. The van der Waals surface area contributed by atoms with E-state index in [1.165, 1.54) is 50.7 Å². The van der Waals surface area contributed by atoms with Crippen LogP contribution in [0.5, 0.6) is 0 Å². The average molecular weight is 565 g/mol. The van der Waals surface area contributed by atoms with Gasteiger partial charge in [0, 0.05) is 5.92 Å². The topological polar surface area (TPSA) is 90.8 Å². The van der Waals surface area contributed by atoms with E-state index in [0.29, 0.717) is 49.2 Å². The molecule has 41 heavy (non-hydrogen) atoms. The van der Waals surface area contributed by atoms with E-state index in [-0.39, 0.29) is 5.41 Å². The summed E-state index contributed by atoms with van der Waals surface area (Å²) in [7, 11) is 0. The molecule has 0 amide bonds. The zero-order valence-electron chi connectivity index (χ0n) is 26.8. The van der Waals surface area contributed by atoms with Crippen LogP contribution < -0.4 is 0 Å². The Bertz CT molecular complexity index is 1020. The van der Waals surface area contributed by atoms with E-state index in [4.69, 9.17) is 25.4 Å². The molecule has 4 aliphatic rings. The van der Waals surface area contributed by atoms with E-state index < -0.39 is 0 Å². The zero-order valence-corrected chi connectivity index (χ0v) is 26.8. The molecule has 4 rings (SSSR count). The lowest BCUT2D eigenvalue weighted by molar-refractivity contribution is -0.0742. The summed E-state index contributed by atoms with van der Waals surface area (Å²) in [5.74, 6) is 5.69. The molecule has 228 valence electrons. The molecule has 6 heteroatoms. The summed E-state index contributed by atoms with van der Waals surface area (Å²) in [5.41, 5.74) is 2.89. The molecular formula is C35H56N4O2. The molecule has 4 saturated carbocycles. The van der Waals surface area contributed by atoms with Gasteiger partial charge < -0.3 is 9.68 Å². The smallest absolute Gasteiger partial charge is 0.130 e. The van der Waals surface area contributed by atoms with E-state index in [1.807, 2.05) is 0 Å². The van der Waals surface area contributed by atoms with Crippen LogP contribution in [0.3, 0.4) is 0 Å². The van der Waals surface area contributed by atoms with Gasteiger partial charge in [0.2, 0.25) is 0 Å². The zero-order chi connectivity index (χ0) is 29.6. The van der Waals surface area contributed by atoms with Crippen molar-refractivity contribution < 1.29 is 9.68 Å². The van der Waals surface area contributed by atoms with Gasteiger partial charge >= 0.3 is 0 Å². The summed E-state index contributed by atoms with van der Waals surface area (Å²) in [5, 5.41) is 27.1. The lowest BCUT2D eigenvalue weighted by Crippen LogP contribution is -2.57. The highest BCUT2D eigenvalue weighted by atomic mass is 16.6. The second kappa shape index (κ2) is 13.9. The van der Waals surface area contributed by atoms with Gasteiger partial charge in [-0.2, -0.15) is 10.5 Å². The van der Waals surface area contributed by atoms with Crippen molar-refractivity contribution in [1.82, 2.24) is 0 Å². The first-order chi connectivity index (χ1) is 19.7. The van der Waals surface area contributed by atoms with Crippen LogP contribution in [0.2, 0.25) is 0 Å². The van der Waals surface area contributed by atoms with E-state index >= 15 is 0 Å². The molecule has 0 aromatic carbocycles. The predicted molar refractivity (Wildman–Crippen MR) is 165 cm³/mol. The van der Waals surface area contributed by atoms with Gasteiger partial charge in [0.1, 0.15) is 13.2 Å². The molecule has 0 bridgehead atoms. The van der Waals surface area contributed by atoms with Crippen molar-refractivity contribution >= 4 is 11.4 Å². The molecule has 0 spiro atoms. The Morgan fingerprint density at radius 2 is 1.56 bits per heavy atom. The molecule has 0 aromatic heterocycles. The first kappa shape index (κ1) is 31.8. The summed E-state index contributed by atoms with van der Waals surface area (Å²) in [6.45, 7) is 15.6. The van der Waals surface area contributed by atoms with Crippen molar-refractivity contribution in [3.05, 3.63) is 0 Å². The molecule has 0 N–H and O–H groups in total. The lowest BCUT2D eigenvalue weighted by atomic mass is 9.44. The second-order valence-corrected chi connectivity index (χ2v) is 14.8. The van der Waals surface area contributed by atoms with E-state index in [0.717, 1.165) is 61.0 Å². The van der Waals surface area contributed by atoms with Crippen molar-refractivity contribution in [3.8, 4) is 12.1 Å². The van der Waals surface area contributed by atoms with Gasteiger partial charge in [-0.3, -0.25) is 0 Å². The number of nitrogens with zero attached hydrogens (tertiary/aromatic N) is 4. The molecule has 0 aromatic rings. The summed E-state index contributed by atoms with van der Waals surface area (Å²) < 4.78 is 0. The third-order valence-electron chi connectivity index (χ3n) is 12.5. The van der Waals surface area contributed by atoms with Crippen LogP contribution in [0, 0.1) is 80.8 Å². The Labute approximate surface area is 250 Å². The minimum Gasteiger partial charge on any atom is -0.395 e. The van der Waals surface area contributed by atoms with Crippen LogP contribution in [-0.2, 0) is 9.68 Å². The number of hydrogen-bond acceptors (Lipinski definition) is 6. The third-order valence-corrected chi connectivity index (χ3v) is 12.5. The van der Waals surface area contributed by atoms with E-state index in [9.17, 15) is 0 Å². The molecule has 9 atom stereocenters. The summed E-state index contributed by atoms with van der Waals surface area (Å²) in [6.07, 6.45) is 14.1. The maximum atomic E-state index is 9.02. The van der Waals surface area contributed by atoms with E-state index in [2.05, 4.69) is 58.8 Å². The molecule has 0 unspecified atom stereocenters. The number of rotatable bonds is 12. The summed E-state index contributed by atoms with van der Waals surface area (Å²) in [6, 6.07) is 4.31. The fourth-order valence-electron chi connectivity index (χ4n) is 10.2. The Kier molecular flexibility index (Phi) is 10.8. The fraction of sp³-hybridized carbons (Fsp3) is 0.886. The molecular weight excluding hydrogens is 508 g/mol. The van der Waals surface area contributed by atoms with Gasteiger partial charge in [0.15, 0.2) is 0 Å². The number of hydrogen-bond donors (Lipinski definition) is 0. The van der Waals surface area contributed by atoms with Crippen LogP contribution >= 0.6 is 0 Å². The van der Waals surface area contributed by atoms with Crippen LogP contribution in [0.1, 0.15) is 125 Å². The lowest BCUT2D eigenvalue weighted by Gasteiger charge is -2.60. The minimum absolute atomic E-state index is 0.183. The molecule has 4 fully saturated rings. The quantitative estimate of drug-likeness (QED) is 0.175. The molecule has 0 radical (unpaired) electrons. The highest BCUT2D eigenvalue weighted by molar-refractivity contribution is 5.95. The highest BCUT2D eigenvalue weighted by Crippen LogP contribution is 2.68. The third kappa shape index (κ3) is 6.63. The normalized spacial score (nSPS) is 37.9. The van der Waals surface area contributed by atoms with Crippen LogP contribution in [-0.4, -0.2) is 24.6 Å². The minimum atomic E-state index is 0.183. The Hall–Kier alpha value is -2.08. The van der Waals surface area contributed by atoms with Gasteiger partial charge in [-0.1, -0.05) is 64.7 Å². The van der Waals surface area contributed by atoms with Crippen molar-refractivity contribution in [2.45, 2.75) is 125 Å². The number of fused-ring (bicyclic) bond motifs is 5. The van der Waals surface area contributed by atoms with Crippen molar-refractivity contribution in [2.24, 2.45) is 68.5 Å². The van der Waals surface area contributed by atoms with Crippen LogP contribution in [0.25, 0.3) is 0 Å². The largest absolute Gasteiger partial charge is 0.395 e. The SMILES string of the molecule is CC[C@H](CC[C@@H](C)[C@H]1CC[C@H]2[C@@H]3C/C(=N\OCCC#N)[C@@H]4C/C(=N/OCCC#N)CC[C@]4(C)[C@H]3CC[C@]12C)C(C)C. The standard InChI is InChI=1S/C35H56N4O2/c1-7-26(24(2)3)11-10-25(4)29-12-13-30-28-23-33(39-41-21-9-19-37)32-22-27(38-40-20-8-18-36)14-16-35(32,6)31(28)15-17-34(29,30)5/h24-26,28-32H,7-17,20-23H2,1-6H3/b38-27+,39-33+/t25-,26-,28+,29-,30+,31+,32+,34-,35-/m1/s1. The molecule has 0 heterocycles. The van der Waals surface area contributed by atoms with Gasteiger partial charge in [-0.15, -0.1) is 0 Å². The summed E-state index contributed by atoms with van der Waals surface area (Å²) in [4.78, 5) is 11.3. The Balaban J connectivity index is 1.53. The highest BCUT2D eigenvalue weighted by Gasteiger charge is 2.62. The van der Waals surface area contributed by atoms with Gasteiger partial charge in [0.05, 0.1) is 36.4 Å². The maximum absolute atomic E-state index is 9.02. The summed E-state index contributed by atoms with van der Waals surface area (Å²) >= 11 is 0. The number of nitriles is 2. The average Bonchev–Trinajstić information content (AvgIpc) is 3.31. The molecule has 4 aliphatic carbocycles. The van der Waals surface area contributed by atoms with Crippen LogP contribution in [0.15, 0.2) is 10.3 Å². The van der Waals surface area contributed by atoms with Crippen molar-refractivity contribution in [3.63, 3.8) is 0 Å². The molecule has 0 saturated heterocycles. The monoisotopic (exact) mass is 564 g/mol. The fourth-order valence-corrected chi connectivity index (χ4v) is 10.2. The van der Waals surface area contributed by atoms with Gasteiger partial charge in [-0.25, -0.2) is 0 Å². The van der Waals surface area contributed by atoms with Crippen LogP contribution in [0.4, 0.5) is 0 Å². The Morgan fingerprint density at radius 3 is 2.22 bits per heavy atom. The van der Waals surface area contributed by atoms with E-state index in [1.54, 1.807) is 0 Å². The van der Waals surface area contributed by atoms with Gasteiger partial charge in [0.25, 0.3) is 0 Å². The first-order valence-corrected chi connectivity index (χ1v) is 16.8. The van der Waals surface area contributed by atoms with Gasteiger partial charge in [-0.05, 0) is 110 Å². The maximum Gasteiger partial charge on any atom is 0.130 e. The van der Waals surface area contributed by atoms with Crippen molar-refractivity contribution in [2.75, 3.05) is 13.2 Å². The number of oxime groups is 2. The molecule has 0 aliphatic heterocycles. The molecule has 6 nitrogen and oxygen atoms in total. The Morgan fingerprint density at radius 1 is 0.878 bits per heavy atom. The predicted octanol–water partition coefficient (Wildman–Crippen LogP) is 8.93. The first-order valence-electron chi connectivity index (χ1n) is 16.8. The van der Waals surface area contributed by atoms with Crippen molar-refractivity contribution in [1.29, 1.82) is 10.5 Å².